The normalized spacial score (nSPS) is 8.38. The van der Waals surface area contributed by atoms with E-state index in [1.165, 1.54) is 12.1 Å². The zero-order chi connectivity index (χ0) is 8.27. The molecule has 0 saturated carbocycles. The van der Waals surface area contributed by atoms with E-state index in [2.05, 4.69) is 0 Å². The number of hydrogen-bond acceptors (Lipinski definition) is 3. The second kappa shape index (κ2) is 7.60. The van der Waals surface area contributed by atoms with Gasteiger partial charge in [-0.2, -0.15) is 0 Å². The van der Waals surface area contributed by atoms with Gasteiger partial charge in [-0.1, -0.05) is 6.07 Å². The van der Waals surface area contributed by atoms with Crippen molar-refractivity contribution in [2.75, 3.05) is 6.54 Å². The molecule has 0 aliphatic heterocycles. The maximum absolute atomic E-state index is 9.04. The van der Waals surface area contributed by atoms with Gasteiger partial charge >= 0.3 is 0 Å². The van der Waals surface area contributed by atoms with Crippen molar-refractivity contribution in [2.45, 2.75) is 6.42 Å². The van der Waals surface area contributed by atoms with Crippen molar-refractivity contribution in [3.63, 3.8) is 0 Å². The van der Waals surface area contributed by atoms with Crippen LogP contribution in [0.5, 0.6) is 11.5 Å². The van der Waals surface area contributed by atoms with Crippen LogP contribution < -0.4 is 5.73 Å². The summed E-state index contributed by atoms with van der Waals surface area (Å²) in [5.41, 5.74) is 6.24. The number of phenols is 2. The molecule has 0 unspecified atom stereocenters. The molecule has 5 heteroatoms. The van der Waals surface area contributed by atoms with E-state index in [-0.39, 0.29) is 54.9 Å². The van der Waals surface area contributed by atoms with Crippen LogP contribution in [0.4, 0.5) is 0 Å². The fraction of sp³-hybridized carbons (Fsp3) is 0.250. The van der Waals surface area contributed by atoms with Gasteiger partial charge in [-0.05, 0) is 30.7 Å². The fourth-order valence-corrected chi connectivity index (χ4v) is 0.891. The molecule has 0 bridgehead atoms. The minimum Gasteiger partial charge on any atom is -0.504 e. The van der Waals surface area contributed by atoms with Gasteiger partial charge in [0.15, 0.2) is 11.5 Å². The molecule has 1 aromatic rings. The molecular formula is C8H11NNbO2W. The zero-order valence-corrected chi connectivity index (χ0v) is 12.1. The van der Waals surface area contributed by atoms with E-state index >= 15 is 0 Å². The standard InChI is InChI=1S/C8H11NO2.Nb.W/c9-4-3-6-1-2-7(10)8(11)5-6;;/h1-2,5,10-11H,3-4,9H2;;. The van der Waals surface area contributed by atoms with Gasteiger partial charge in [0.1, 0.15) is 0 Å². The van der Waals surface area contributed by atoms with E-state index in [0.717, 1.165) is 5.56 Å². The summed E-state index contributed by atoms with van der Waals surface area (Å²) < 4.78 is 0. The van der Waals surface area contributed by atoms with E-state index < -0.39 is 0 Å². The third-order valence-corrected chi connectivity index (χ3v) is 1.47. The minimum absolute atomic E-state index is 0. The summed E-state index contributed by atoms with van der Waals surface area (Å²) in [6.45, 7) is 0.546. The monoisotopic (exact) mass is 430 g/mol. The van der Waals surface area contributed by atoms with Crippen LogP contribution in [-0.2, 0) is 49.9 Å². The number of rotatable bonds is 2. The quantitative estimate of drug-likeness (QED) is 0.476. The maximum atomic E-state index is 9.04. The number of aromatic hydroxyl groups is 2. The molecule has 1 radical (unpaired) electrons. The van der Waals surface area contributed by atoms with Crippen molar-refractivity contribution in [1.29, 1.82) is 0 Å². The third kappa shape index (κ3) is 4.84. The van der Waals surface area contributed by atoms with Gasteiger partial charge in [0, 0.05) is 43.4 Å². The summed E-state index contributed by atoms with van der Waals surface area (Å²) in [6, 6.07) is 4.71. The van der Waals surface area contributed by atoms with Crippen LogP contribution in [0, 0.1) is 0 Å². The largest absolute Gasteiger partial charge is 0.504 e. The Bertz CT molecular complexity index is 258. The molecule has 0 atom stereocenters. The molecule has 0 aliphatic carbocycles. The Hall–Kier alpha value is 0.209. The van der Waals surface area contributed by atoms with Crippen molar-refractivity contribution in [2.24, 2.45) is 5.73 Å². The average Bonchev–Trinajstić information content (AvgIpc) is 1.98. The Morgan fingerprint density at radius 3 is 2.23 bits per heavy atom. The van der Waals surface area contributed by atoms with Crippen LogP contribution in [0.3, 0.4) is 0 Å². The summed E-state index contributed by atoms with van der Waals surface area (Å²) in [4.78, 5) is 0. The average molecular weight is 430 g/mol. The van der Waals surface area contributed by atoms with Gasteiger partial charge in [0.25, 0.3) is 0 Å². The van der Waals surface area contributed by atoms with Crippen LogP contribution in [0.15, 0.2) is 18.2 Å². The number of benzene rings is 1. The first-order valence-corrected chi connectivity index (χ1v) is 3.45. The summed E-state index contributed by atoms with van der Waals surface area (Å²) >= 11 is 0. The van der Waals surface area contributed by atoms with Gasteiger partial charge < -0.3 is 15.9 Å². The number of hydrogen-bond donors (Lipinski definition) is 3. The maximum Gasteiger partial charge on any atom is 0.157 e. The van der Waals surface area contributed by atoms with E-state index in [9.17, 15) is 0 Å². The second-order valence-electron chi connectivity index (χ2n) is 2.36. The first kappa shape index (κ1) is 15.7. The number of phenolic OH excluding ortho intramolecular Hbond substituents is 2. The molecule has 13 heavy (non-hydrogen) atoms. The molecule has 0 heterocycles. The third-order valence-electron chi connectivity index (χ3n) is 1.47. The van der Waals surface area contributed by atoms with Gasteiger partial charge in [-0.15, -0.1) is 0 Å². The van der Waals surface area contributed by atoms with Gasteiger partial charge in [0.2, 0.25) is 0 Å². The summed E-state index contributed by atoms with van der Waals surface area (Å²) in [5.74, 6) is -0.179. The van der Waals surface area contributed by atoms with Crippen LogP contribution >= 0.6 is 0 Å². The topological polar surface area (TPSA) is 66.5 Å². The Labute approximate surface area is 107 Å². The minimum atomic E-state index is -0.0919. The van der Waals surface area contributed by atoms with Crippen molar-refractivity contribution in [3.05, 3.63) is 23.8 Å². The Morgan fingerprint density at radius 2 is 1.77 bits per heavy atom. The molecule has 1 rings (SSSR count). The smallest absolute Gasteiger partial charge is 0.157 e. The van der Waals surface area contributed by atoms with Crippen LogP contribution in [0.1, 0.15) is 5.56 Å². The molecule has 0 saturated heterocycles. The predicted octanol–water partition coefficient (Wildman–Crippen LogP) is 0.594. The molecule has 3 nitrogen and oxygen atoms in total. The first-order valence-electron chi connectivity index (χ1n) is 3.45. The molecule has 0 aromatic heterocycles. The van der Waals surface area contributed by atoms with E-state index in [0.29, 0.717) is 13.0 Å². The second-order valence-corrected chi connectivity index (χ2v) is 2.36. The van der Waals surface area contributed by atoms with Crippen molar-refractivity contribution in [1.82, 2.24) is 0 Å². The molecule has 1 aromatic carbocycles. The van der Waals surface area contributed by atoms with Crippen LogP contribution in [-0.4, -0.2) is 16.8 Å². The molecule has 71 valence electrons. The van der Waals surface area contributed by atoms with Crippen molar-refractivity contribution < 1.29 is 53.7 Å². The van der Waals surface area contributed by atoms with E-state index in [1.807, 2.05) is 0 Å². The summed E-state index contributed by atoms with van der Waals surface area (Å²) in [7, 11) is 0. The molecule has 4 N–H and O–H groups in total. The Kier molecular flexibility index (Phi) is 9.16. The van der Waals surface area contributed by atoms with Crippen molar-refractivity contribution >= 4 is 0 Å². The predicted molar refractivity (Wildman–Crippen MR) is 42.5 cm³/mol. The van der Waals surface area contributed by atoms with Crippen molar-refractivity contribution in [3.8, 4) is 11.5 Å². The van der Waals surface area contributed by atoms with Crippen LogP contribution in [0.25, 0.3) is 0 Å². The Balaban J connectivity index is 0. The molecule has 0 fully saturated rings. The molecule has 0 aliphatic rings. The zero-order valence-electron chi connectivity index (χ0n) is 6.97. The van der Waals surface area contributed by atoms with Gasteiger partial charge in [-0.25, -0.2) is 0 Å². The SMILES string of the molecule is NCCc1ccc(O)c(O)c1.[Nb].[W]. The number of nitrogens with two attached hydrogens (primary N) is 1. The summed E-state index contributed by atoms with van der Waals surface area (Å²) in [6.07, 6.45) is 0.716. The molecule has 0 amide bonds. The van der Waals surface area contributed by atoms with Crippen LogP contribution in [0.2, 0.25) is 0 Å². The fourth-order valence-electron chi connectivity index (χ4n) is 0.891. The van der Waals surface area contributed by atoms with E-state index in [1.54, 1.807) is 6.07 Å². The first-order chi connectivity index (χ1) is 5.24. The van der Waals surface area contributed by atoms with Gasteiger partial charge in [-0.3, -0.25) is 0 Å². The van der Waals surface area contributed by atoms with Gasteiger partial charge in [0.05, 0.1) is 0 Å². The van der Waals surface area contributed by atoms with E-state index in [4.69, 9.17) is 15.9 Å². The molecule has 0 spiro atoms. The molecular weight excluding hydrogens is 419 g/mol. The Morgan fingerprint density at radius 1 is 1.15 bits per heavy atom. The summed E-state index contributed by atoms with van der Waals surface area (Å²) in [5, 5.41) is 18.0.